The predicted molar refractivity (Wildman–Crippen MR) is 178 cm³/mol. The highest BCUT2D eigenvalue weighted by Crippen LogP contribution is 2.45. The van der Waals surface area contributed by atoms with Crippen molar-refractivity contribution in [2.24, 2.45) is 0 Å². The molecule has 2 heteroatoms. The van der Waals surface area contributed by atoms with Gasteiger partial charge in [0, 0.05) is 40.2 Å². The van der Waals surface area contributed by atoms with E-state index < -0.39 is 0 Å². The van der Waals surface area contributed by atoms with E-state index in [2.05, 4.69) is 151 Å². The minimum absolute atomic E-state index is 0.00695. The zero-order valence-electron chi connectivity index (χ0n) is 24.1. The van der Waals surface area contributed by atoms with Crippen LogP contribution in [0, 0.1) is 0 Å². The molecule has 0 amide bonds. The second-order valence-corrected chi connectivity index (χ2v) is 11.6. The minimum atomic E-state index is 0.00695. The van der Waals surface area contributed by atoms with Gasteiger partial charge in [0.1, 0.15) is 11.9 Å². The van der Waals surface area contributed by atoms with Crippen molar-refractivity contribution >= 4 is 17.0 Å². The summed E-state index contributed by atoms with van der Waals surface area (Å²) in [5.41, 5.74) is 14.0. The molecule has 1 heterocycles. The zero-order chi connectivity index (χ0) is 28.6. The summed E-state index contributed by atoms with van der Waals surface area (Å²) in [5.74, 6) is 1.00. The Morgan fingerprint density at radius 2 is 1.40 bits per heavy atom. The molecule has 8 rings (SSSR count). The maximum absolute atomic E-state index is 6.68. The first-order valence-electron chi connectivity index (χ1n) is 15.3. The molecule has 1 atom stereocenters. The summed E-state index contributed by atoms with van der Waals surface area (Å²) in [7, 11) is 0. The van der Waals surface area contributed by atoms with Crippen LogP contribution in [0.3, 0.4) is 0 Å². The summed E-state index contributed by atoms with van der Waals surface area (Å²) < 4.78 is 6.68. The fourth-order valence-electron chi connectivity index (χ4n) is 6.76. The Morgan fingerprint density at radius 1 is 0.651 bits per heavy atom. The zero-order valence-corrected chi connectivity index (χ0v) is 24.1. The average molecular weight is 556 g/mol. The molecule has 0 radical (unpaired) electrons. The van der Waals surface area contributed by atoms with E-state index in [-0.39, 0.29) is 6.10 Å². The standard InChI is InChI=1S/C41H33NO/c1-3-10-29(11-4-1)26-30-18-24-37-38-25-23-35(28-41(38)43-40(37)27-30)42(39-17-9-15-33-14-7-8-16-36(33)39)34-21-19-32(20-22-34)31-12-5-2-6-13-31/h1-8,10-14,16-25,27,41H,9,15,26,28H2. The van der Waals surface area contributed by atoms with Crippen LogP contribution < -0.4 is 9.64 Å². The molecular formula is C41H33NO. The van der Waals surface area contributed by atoms with Gasteiger partial charge in [-0.25, -0.2) is 0 Å². The lowest BCUT2D eigenvalue weighted by Gasteiger charge is -2.35. The summed E-state index contributed by atoms with van der Waals surface area (Å²) in [5, 5.41) is 0. The maximum atomic E-state index is 6.68. The third kappa shape index (κ3) is 4.89. The number of rotatable bonds is 6. The van der Waals surface area contributed by atoms with Crippen molar-refractivity contribution in [2.45, 2.75) is 31.8 Å². The second-order valence-electron chi connectivity index (χ2n) is 11.6. The summed E-state index contributed by atoms with van der Waals surface area (Å²) in [4.78, 5) is 2.47. The lowest BCUT2D eigenvalue weighted by molar-refractivity contribution is 0.274. The number of allylic oxidation sites excluding steroid dienone is 3. The summed E-state index contributed by atoms with van der Waals surface area (Å²) in [6.07, 6.45) is 10.9. The van der Waals surface area contributed by atoms with Gasteiger partial charge in [-0.3, -0.25) is 0 Å². The molecule has 1 aliphatic heterocycles. The minimum Gasteiger partial charge on any atom is -0.485 e. The van der Waals surface area contributed by atoms with Gasteiger partial charge in [-0.05, 0) is 71.4 Å². The van der Waals surface area contributed by atoms with E-state index in [0.717, 1.165) is 31.4 Å². The van der Waals surface area contributed by atoms with Crippen molar-refractivity contribution in [3.63, 3.8) is 0 Å². The molecule has 0 aromatic heterocycles. The molecule has 0 saturated carbocycles. The van der Waals surface area contributed by atoms with Crippen molar-refractivity contribution in [1.82, 2.24) is 0 Å². The highest BCUT2D eigenvalue weighted by molar-refractivity contribution is 5.88. The molecule has 1 unspecified atom stereocenters. The van der Waals surface area contributed by atoms with Crippen LogP contribution in [0.25, 0.3) is 22.4 Å². The summed E-state index contributed by atoms with van der Waals surface area (Å²) >= 11 is 0. The number of benzene rings is 5. The van der Waals surface area contributed by atoms with Crippen LogP contribution in [0.15, 0.2) is 151 Å². The molecule has 0 bridgehead atoms. The number of ether oxygens (including phenoxy) is 1. The van der Waals surface area contributed by atoms with Gasteiger partial charge in [0.25, 0.3) is 0 Å². The van der Waals surface area contributed by atoms with Gasteiger partial charge in [-0.15, -0.1) is 0 Å². The van der Waals surface area contributed by atoms with Crippen molar-refractivity contribution in [2.75, 3.05) is 4.90 Å². The van der Waals surface area contributed by atoms with Crippen molar-refractivity contribution in [3.05, 3.63) is 179 Å². The van der Waals surface area contributed by atoms with Crippen LogP contribution in [-0.2, 0) is 12.8 Å². The van der Waals surface area contributed by atoms with E-state index in [1.54, 1.807) is 0 Å². The van der Waals surface area contributed by atoms with Gasteiger partial charge in [0.2, 0.25) is 0 Å². The quantitative estimate of drug-likeness (QED) is 0.207. The van der Waals surface area contributed by atoms with Crippen LogP contribution in [0.5, 0.6) is 5.75 Å². The van der Waals surface area contributed by atoms with Crippen LogP contribution in [0.4, 0.5) is 5.69 Å². The molecule has 0 saturated heterocycles. The normalized spacial score (nSPS) is 16.6. The van der Waals surface area contributed by atoms with Gasteiger partial charge < -0.3 is 9.64 Å². The van der Waals surface area contributed by atoms with E-state index in [4.69, 9.17) is 4.74 Å². The third-order valence-corrected chi connectivity index (χ3v) is 8.88. The van der Waals surface area contributed by atoms with Crippen molar-refractivity contribution in [3.8, 4) is 16.9 Å². The number of nitrogens with zero attached hydrogens (tertiary/aromatic N) is 1. The fraction of sp³-hybridized carbons (Fsp3) is 0.122. The molecule has 0 spiro atoms. The molecule has 0 N–H and O–H groups in total. The largest absolute Gasteiger partial charge is 0.485 e. The van der Waals surface area contributed by atoms with E-state index >= 15 is 0 Å². The average Bonchev–Trinajstić information content (AvgIpc) is 3.43. The number of anilines is 1. The topological polar surface area (TPSA) is 12.5 Å². The van der Waals surface area contributed by atoms with E-state index in [9.17, 15) is 0 Å². The Bertz CT molecular complexity index is 1880. The SMILES string of the molecule is C1=C2c3ccc(Cc4ccccc4)cc3OC2CC(N(C2=CCCc3ccccc32)c2ccc(-c3ccccc3)cc2)=C1. The Morgan fingerprint density at radius 3 is 2.23 bits per heavy atom. The number of fused-ring (bicyclic) bond motifs is 4. The molecule has 2 aliphatic carbocycles. The van der Waals surface area contributed by atoms with E-state index in [0.29, 0.717) is 0 Å². The van der Waals surface area contributed by atoms with Crippen LogP contribution in [-0.4, -0.2) is 6.10 Å². The highest BCUT2D eigenvalue weighted by atomic mass is 16.5. The predicted octanol–water partition coefficient (Wildman–Crippen LogP) is 9.87. The second kappa shape index (κ2) is 11.0. The van der Waals surface area contributed by atoms with Crippen LogP contribution >= 0.6 is 0 Å². The van der Waals surface area contributed by atoms with Gasteiger partial charge in [0.15, 0.2) is 0 Å². The molecule has 208 valence electrons. The molecule has 5 aromatic carbocycles. The Labute approximate surface area is 253 Å². The first-order chi connectivity index (χ1) is 21.3. The highest BCUT2D eigenvalue weighted by Gasteiger charge is 2.34. The number of hydrogen-bond acceptors (Lipinski definition) is 2. The van der Waals surface area contributed by atoms with Crippen molar-refractivity contribution in [1.29, 1.82) is 0 Å². The van der Waals surface area contributed by atoms with Gasteiger partial charge >= 0.3 is 0 Å². The third-order valence-electron chi connectivity index (χ3n) is 8.88. The van der Waals surface area contributed by atoms with Gasteiger partial charge in [0.05, 0.1) is 0 Å². The lowest BCUT2D eigenvalue weighted by atomic mass is 9.90. The molecule has 3 aliphatic rings. The fourth-order valence-corrected chi connectivity index (χ4v) is 6.76. The molecule has 0 fully saturated rings. The van der Waals surface area contributed by atoms with Gasteiger partial charge in [-0.1, -0.05) is 121 Å². The Hall–Kier alpha value is -5.08. The van der Waals surface area contributed by atoms with Crippen LogP contribution in [0.1, 0.15) is 40.7 Å². The van der Waals surface area contributed by atoms with Gasteiger partial charge in [-0.2, -0.15) is 0 Å². The first-order valence-corrected chi connectivity index (χ1v) is 15.3. The molecule has 2 nitrogen and oxygen atoms in total. The maximum Gasteiger partial charge on any atom is 0.130 e. The summed E-state index contributed by atoms with van der Waals surface area (Å²) in [6.45, 7) is 0. The van der Waals surface area contributed by atoms with E-state index in [1.165, 1.54) is 61.6 Å². The number of hydrogen-bond donors (Lipinski definition) is 0. The molecule has 43 heavy (non-hydrogen) atoms. The van der Waals surface area contributed by atoms with E-state index in [1.807, 2.05) is 0 Å². The molecule has 5 aromatic rings. The lowest BCUT2D eigenvalue weighted by Crippen LogP contribution is -2.28. The Balaban J connectivity index is 1.14. The first kappa shape index (κ1) is 25.6. The summed E-state index contributed by atoms with van der Waals surface area (Å²) in [6, 6.07) is 45.9. The Kier molecular flexibility index (Phi) is 6.53. The monoisotopic (exact) mass is 555 g/mol. The smallest absolute Gasteiger partial charge is 0.130 e. The molecular weight excluding hydrogens is 522 g/mol. The van der Waals surface area contributed by atoms with Crippen LogP contribution in [0.2, 0.25) is 0 Å². The van der Waals surface area contributed by atoms with Crippen molar-refractivity contribution < 1.29 is 4.74 Å². The number of aryl methyl sites for hydroxylation is 1.